The molecule has 3 aromatic rings. The molecule has 0 aliphatic carbocycles. The van der Waals surface area contributed by atoms with Crippen LogP contribution in [0.4, 0.5) is 5.69 Å². The Morgan fingerprint density at radius 2 is 1.81 bits per heavy atom. The predicted octanol–water partition coefficient (Wildman–Crippen LogP) is 5.18. The molecule has 188 valence electrons. The van der Waals surface area contributed by atoms with Gasteiger partial charge in [-0.05, 0) is 75.6 Å². The number of fused-ring (bicyclic) bond motifs is 2. The van der Waals surface area contributed by atoms with Crippen LogP contribution in [-0.4, -0.2) is 35.3 Å². The summed E-state index contributed by atoms with van der Waals surface area (Å²) in [4.78, 5) is 29.4. The minimum Gasteiger partial charge on any atom is -0.379 e. The highest BCUT2D eigenvalue weighted by molar-refractivity contribution is 7.85. The zero-order valence-corrected chi connectivity index (χ0v) is 22.0. The number of ether oxygens (including phenoxy) is 1. The van der Waals surface area contributed by atoms with Crippen molar-refractivity contribution >= 4 is 28.3 Å². The average Bonchev–Trinajstić information content (AvgIpc) is 2.95. The third-order valence-electron chi connectivity index (χ3n) is 6.16. The molecule has 3 aromatic carbocycles. The molecule has 0 bridgehead atoms. The molecule has 0 aromatic heterocycles. The Hall–Kier alpha value is -3.29. The van der Waals surface area contributed by atoms with Crippen LogP contribution in [0.25, 0.3) is 0 Å². The fourth-order valence-electron chi connectivity index (χ4n) is 4.20. The van der Waals surface area contributed by atoms with E-state index < -0.39 is 10.8 Å². The molecular formula is C29H32N2O4S. The van der Waals surface area contributed by atoms with Gasteiger partial charge in [-0.3, -0.25) is 9.59 Å². The normalized spacial score (nSPS) is 14.9. The monoisotopic (exact) mass is 504 g/mol. The lowest BCUT2D eigenvalue weighted by molar-refractivity contribution is 0.0757. The number of aryl methyl sites for hydroxylation is 2. The van der Waals surface area contributed by atoms with Crippen LogP contribution >= 0.6 is 0 Å². The SMILES string of the molecule is Cc1ccc(C)c(CN2C(=O)c3ccccc3S(=O)c3ccc(C(=O)NCCCOC(C)C)cc32)c1. The molecule has 0 radical (unpaired) electrons. The van der Waals surface area contributed by atoms with Crippen LogP contribution in [0.2, 0.25) is 0 Å². The Bertz CT molecular complexity index is 1320. The van der Waals surface area contributed by atoms with Crippen LogP contribution in [0.1, 0.15) is 57.7 Å². The second-order valence-corrected chi connectivity index (χ2v) is 10.7. The second kappa shape index (κ2) is 11.2. The van der Waals surface area contributed by atoms with E-state index in [4.69, 9.17) is 4.74 Å². The Morgan fingerprint density at radius 3 is 2.58 bits per heavy atom. The van der Waals surface area contributed by atoms with Crippen LogP contribution in [0, 0.1) is 13.8 Å². The van der Waals surface area contributed by atoms with Gasteiger partial charge < -0.3 is 15.0 Å². The fourth-order valence-corrected chi connectivity index (χ4v) is 5.54. The van der Waals surface area contributed by atoms with E-state index in [1.165, 1.54) is 0 Å². The number of rotatable bonds is 8. The van der Waals surface area contributed by atoms with E-state index in [0.717, 1.165) is 16.7 Å². The summed E-state index contributed by atoms with van der Waals surface area (Å²) in [7, 11) is -1.56. The number of benzene rings is 3. The zero-order valence-electron chi connectivity index (χ0n) is 21.2. The maximum absolute atomic E-state index is 13.8. The van der Waals surface area contributed by atoms with Crippen LogP contribution in [0.15, 0.2) is 70.5 Å². The number of carbonyl (C=O) groups excluding carboxylic acids is 2. The molecule has 1 aliphatic heterocycles. The summed E-state index contributed by atoms with van der Waals surface area (Å²) in [5.41, 5.74) is 4.47. The molecule has 0 saturated carbocycles. The highest BCUT2D eigenvalue weighted by Gasteiger charge is 2.31. The van der Waals surface area contributed by atoms with E-state index in [2.05, 4.69) is 11.4 Å². The second-order valence-electron chi connectivity index (χ2n) is 9.30. The van der Waals surface area contributed by atoms with Crippen molar-refractivity contribution in [1.82, 2.24) is 5.32 Å². The topological polar surface area (TPSA) is 75.7 Å². The minimum atomic E-state index is -1.56. The standard InChI is InChI=1S/C29H32N2O4S/c1-19(2)35-15-7-14-30-28(32)22-12-13-27-25(17-22)31(18-23-16-20(3)10-11-21(23)4)29(33)24-8-5-6-9-26(24)36(27)34/h5-6,8-13,16-17,19H,7,14-15,18H2,1-4H3,(H,30,32). The first kappa shape index (κ1) is 25.8. The lowest BCUT2D eigenvalue weighted by Gasteiger charge is -2.24. The third kappa shape index (κ3) is 5.58. The first-order valence-electron chi connectivity index (χ1n) is 12.2. The van der Waals surface area contributed by atoms with Crippen LogP contribution in [0.5, 0.6) is 0 Å². The van der Waals surface area contributed by atoms with Crippen molar-refractivity contribution in [3.63, 3.8) is 0 Å². The Balaban J connectivity index is 1.70. The van der Waals surface area contributed by atoms with Crippen molar-refractivity contribution in [2.45, 2.75) is 56.6 Å². The molecule has 1 N–H and O–H groups in total. The molecule has 2 amide bonds. The van der Waals surface area contributed by atoms with Gasteiger partial charge in [0, 0.05) is 18.7 Å². The van der Waals surface area contributed by atoms with Crippen molar-refractivity contribution in [1.29, 1.82) is 0 Å². The number of nitrogens with zero attached hydrogens (tertiary/aromatic N) is 1. The van der Waals surface area contributed by atoms with Gasteiger partial charge in [0.2, 0.25) is 0 Å². The van der Waals surface area contributed by atoms with Crippen LogP contribution in [-0.2, 0) is 22.1 Å². The largest absolute Gasteiger partial charge is 0.379 e. The van der Waals surface area contributed by atoms with Crippen LogP contribution in [0.3, 0.4) is 0 Å². The molecule has 6 nitrogen and oxygen atoms in total. The van der Waals surface area contributed by atoms with E-state index in [9.17, 15) is 13.8 Å². The molecule has 0 fully saturated rings. The van der Waals surface area contributed by atoms with Crippen molar-refractivity contribution < 1.29 is 18.5 Å². The molecule has 1 atom stereocenters. The lowest BCUT2D eigenvalue weighted by Crippen LogP contribution is -2.31. The van der Waals surface area contributed by atoms with Gasteiger partial charge >= 0.3 is 0 Å². The van der Waals surface area contributed by atoms with Gasteiger partial charge in [0.15, 0.2) is 0 Å². The molecule has 1 unspecified atom stereocenters. The predicted molar refractivity (Wildman–Crippen MR) is 142 cm³/mol. The summed E-state index contributed by atoms with van der Waals surface area (Å²) < 4.78 is 19.1. The van der Waals surface area contributed by atoms with Gasteiger partial charge in [0.25, 0.3) is 11.8 Å². The summed E-state index contributed by atoms with van der Waals surface area (Å²) >= 11 is 0. The number of hydrogen-bond donors (Lipinski definition) is 1. The Labute approximate surface area is 215 Å². The Morgan fingerprint density at radius 1 is 1.03 bits per heavy atom. The van der Waals surface area contributed by atoms with E-state index in [1.807, 2.05) is 39.8 Å². The van der Waals surface area contributed by atoms with E-state index in [-0.39, 0.29) is 17.9 Å². The molecule has 0 saturated heterocycles. The number of carbonyl (C=O) groups is 2. The number of hydrogen-bond acceptors (Lipinski definition) is 4. The maximum Gasteiger partial charge on any atom is 0.259 e. The molecule has 0 spiro atoms. The van der Waals surface area contributed by atoms with Crippen LogP contribution < -0.4 is 10.2 Å². The fraction of sp³-hybridized carbons (Fsp3) is 0.310. The molecule has 1 heterocycles. The van der Waals surface area contributed by atoms with Gasteiger partial charge in [0.05, 0.1) is 44.5 Å². The van der Waals surface area contributed by atoms with Gasteiger partial charge in [-0.1, -0.05) is 35.9 Å². The first-order valence-corrected chi connectivity index (χ1v) is 13.3. The molecule has 7 heteroatoms. The zero-order chi connectivity index (χ0) is 25.8. The Kier molecular flexibility index (Phi) is 8.01. The first-order chi connectivity index (χ1) is 17.3. The van der Waals surface area contributed by atoms with Crippen molar-refractivity contribution in [2.24, 2.45) is 0 Å². The number of nitrogens with one attached hydrogen (secondary N) is 1. The van der Waals surface area contributed by atoms with E-state index in [1.54, 1.807) is 47.4 Å². The summed E-state index contributed by atoms with van der Waals surface area (Å²) in [6.45, 7) is 9.33. The summed E-state index contributed by atoms with van der Waals surface area (Å²) in [6.07, 6.45) is 0.849. The number of anilines is 1. The van der Waals surface area contributed by atoms with Gasteiger partial charge in [-0.25, -0.2) is 4.21 Å². The maximum atomic E-state index is 13.8. The quantitative estimate of drug-likeness (QED) is 0.429. The smallest absolute Gasteiger partial charge is 0.259 e. The molecule has 1 aliphatic rings. The van der Waals surface area contributed by atoms with Gasteiger partial charge in [0.1, 0.15) is 0 Å². The minimum absolute atomic E-state index is 0.149. The van der Waals surface area contributed by atoms with Gasteiger partial charge in [-0.15, -0.1) is 0 Å². The van der Waals surface area contributed by atoms with E-state index >= 15 is 0 Å². The molecule has 4 rings (SSSR count). The highest BCUT2D eigenvalue weighted by atomic mass is 32.2. The highest BCUT2D eigenvalue weighted by Crippen LogP contribution is 2.36. The lowest BCUT2D eigenvalue weighted by atomic mass is 10.0. The number of amides is 2. The van der Waals surface area contributed by atoms with Crippen molar-refractivity contribution in [3.8, 4) is 0 Å². The van der Waals surface area contributed by atoms with Crippen molar-refractivity contribution in [2.75, 3.05) is 18.1 Å². The summed E-state index contributed by atoms with van der Waals surface area (Å²) in [6, 6.07) is 18.2. The van der Waals surface area contributed by atoms with Crippen molar-refractivity contribution in [3.05, 3.63) is 88.5 Å². The van der Waals surface area contributed by atoms with E-state index in [0.29, 0.717) is 52.7 Å². The molecular weight excluding hydrogens is 472 g/mol. The summed E-state index contributed by atoms with van der Waals surface area (Å²) in [5, 5.41) is 2.92. The average molecular weight is 505 g/mol. The summed E-state index contributed by atoms with van der Waals surface area (Å²) in [5.74, 6) is -0.476. The third-order valence-corrected chi connectivity index (χ3v) is 7.67. The molecule has 36 heavy (non-hydrogen) atoms. The van der Waals surface area contributed by atoms with Gasteiger partial charge in [-0.2, -0.15) is 0 Å².